The van der Waals surface area contributed by atoms with Gasteiger partial charge in [0.2, 0.25) is 5.91 Å². The fraction of sp³-hybridized carbons (Fsp3) is 0.763. The smallest absolute Gasteiger partial charge is 0.302 e. The van der Waals surface area contributed by atoms with Gasteiger partial charge in [0, 0.05) is 36.8 Å². The molecule has 4 saturated carbocycles. The van der Waals surface area contributed by atoms with Gasteiger partial charge in [-0.3, -0.25) is 14.4 Å². The first-order valence-electron chi connectivity index (χ1n) is 16.9. The van der Waals surface area contributed by atoms with Crippen molar-refractivity contribution in [2.45, 2.75) is 119 Å². The van der Waals surface area contributed by atoms with Crippen molar-refractivity contribution in [3.63, 3.8) is 0 Å². The Morgan fingerprint density at radius 3 is 2.16 bits per heavy atom. The van der Waals surface area contributed by atoms with Gasteiger partial charge in [0.05, 0.1) is 0 Å². The van der Waals surface area contributed by atoms with Crippen molar-refractivity contribution in [1.82, 2.24) is 4.90 Å². The number of nitrogens with zero attached hydrogens (tertiary/aromatic N) is 1. The first kappa shape index (κ1) is 32.2. The lowest BCUT2D eigenvalue weighted by atomic mass is 9.33. The Morgan fingerprint density at radius 2 is 1.56 bits per heavy atom. The minimum Gasteiger partial charge on any atom is -0.462 e. The molecule has 4 unspecified atom stereocenters. The monoisotopic (exact) mass is 591 g/mol. The summed E-state index contributed by atoms with van der Waals surface area (Å²) in [6.07, 6.45) is 14.2. The van der Waals surface area contributed by atoms with Gasteiger partial charge in [-0.15, -0.1) is 13.2 Å². The summed E-state index contributed by atoms with van der Waals surface area (Å²) in [7, 11) is 0. The maximum Gasteiger partial charge on any atom is 0.302 e. The molecule has 0 N–H and O–H groups in total. The summed E-state index contributed by atoms with van der Waals surface area (Å²) in [5.74, 6) is 0.744. The molecule has 5 rings (SSSR count). The molecule has 0 aromatic carbocycles. The van der Waals surface area contributed by atoms with Crippen molar-refractivity contribution < 1.29 is 19.1 Å². The van der Waals surface area contributed by atoms with E-state index in [1.54, 1.807) is 12.2 Å². The molecule has 0 aliphatic heterocycles. The van der Waals surface area contributed by atoms with Crippen molar-refractivity contribution >= 4 is 17.7 Å². The molecule has 4 fully saturated rings. The van der Waals surface area contributed by atoms with Crippen molar-refractivity contribution in [3.8, 4) is 0 Å². The molecular formula is C38H57NO4. The van der Waals surface area contributed by atoms with Crippen LogP contribution >= 0.6 is 0 Å². The van der Waals surface area contributed by atoms with Gasteiger partial charge < -0.3 is 9.64 Å². The molecule has 0 aromatic heterocycles. The number of amides is 1. The van der Waals surface area contributed by atoms with E-state index in [1.165, 1.54) is 12.5 Å². The molecular weight excluding hydrogens is 534 g/mol. The summed E-state index contributed by atoms with van der Waals surface area (Å²) >= 11 is 0. The predicted molar refractivity (Wildman–Crippen MR) is 172 cm³/mol. The first-order valence-corrected chi connectivity index (χ1v) is 16.9. The van der Waals surface area contributed by atoms with E-state index in [4.69, 9.17) is 4.74 Å². The molecule has 0 aromatic rings. The van der Waals surface area contributed by atoms with Crippen LogP contribution in [0.1, 0.15) is 113 Å². The maximum absolute atomic E-state index is 14.7. The van der Waals surface area contributed by atoms with E-state index in [0.717, 1.165) is 57.8 Å². The van der Waals surface area contributed by atoms with E-state index in [-0.39, 0.29) is 56.9 Å². The lowest BCUT2D eigenvalue weighted by Gasteiger charge is -2.70. The SMILES string of the molecule is C=CCN(CC=C)C(=O)[C@@]1(C)CC[C@]2(C)CCC3(C)C(=CC(=O)C4[C@@]5(C)CC[C@H](OC(C)=O)C(C)(C)C5CC[C@]43C)C2C1. The molecule has 0 spiro atoms. The molecule has 0 radical (unpaired) electrons. The zero-order chi connectivity index (χ0) is 31.8. The molecule has 238 valence electrons. The highest BCUT2D eigenvalue weighted by Gasteiger charge is 2.70. The van der Waals surface area contributed by atoms with Crippen LogP contribution in [0.5, 0.6) is 0 Å². The normalized spacial score (nSPS) is 44.8. The zero-order valence-corrected chi connectivity index (χ0v) is 28.3. The number of rotatable bonds is 6. The van der Waals surface area contributed by atoms with Gasteiger partial charge in [-0.25, -0.2) is 0 Å². The molecule has 0 saturated heterocycles. The average Bonchev–Trinajstić information content (AvgIpc) is 2.91. The second kappa shape index (κ2) is 10.4. The quantitative estimate of drug-likeness (QED) is 0.231. The summed E-state index contributed by atoms with van der Waals surface area (Å²) < 4.78 is 5.87. The first-order chi connectivity index (χ1) is 19.9. The van der Waals surface area contributed by atoms with Crippen LogP contribution in [0.2, 0.25) is 0 Å². The molecule has 5 nitrogen and oxygen atoms in total. The highest BCUT2D eigenvalue weighted by atomic mass is 16.5. The number of allylic oxidation sites excluding steroid dienone is 2. The van der Waals surface area contributed by atoms with Gasteiger partial charge in [0.15, 0.2) is 5.78 Å². The lowest BCUT2D eigenvalue weighted by Crippen LogP contribution is -2.66. The Bertz CT molecular complexity index is 1240. The fourth-order valence-electron chi connectivity index (χ4n) is 11.7. The Balaban J connectivity index is 1.53. The number of ketones is 1. The van der Waals surface area contributed by atoms with Gasteiger partial charge in [-0.1, -0.05) is 66.2 Å². The van der Waals surface area contributed by atoms with Gasteiger partial charge in [-0.2, -0.15) is 0 Å². The number of carbonyl (C=O) groups excluding carboxylic acids is 3. The molecule has 0 heterocycles. The van der Waals surface area contributed by atoms with Gasteiger partial charge in [-0.05, 0) is 97.4 Å². The van der Waals surface area contributed by atoms with Crippen LogP contribution in [-0.2, 0) is 19.1 Å². The topological polar surface area (TPSA) is 63.7 Å². The molecule has 5 heteroatoms. The average molecular weight is 592 g/mol. The molecule has 43 heavy (non-hydrogen) atoms. The number of hydrogen-bond donors (Lipinski definition) is 0. The van der Waals surface area contributed by atoms with E-state index >= 15 is 0 Å². The fourth-order valence-corrected chi connectivity index (χ4v) is 11.7. The van der Waals surface area contributed by atoms with Crippen molar-refractivity contribution in [2.24, 2.45) is 50.2 Å². The third-order valence-electron chi connectivity index (χ3n) is 14.3. The standard InChI is InChI=1S/C38H57NO4/c1-11-21-39(22-12-2)32(42)35(7)18-17-34(6)19-20-37(9)26(27(34)24-35)23-28(41)31-36(8)15-14-30(43-25(3)40)33(4,5)29(36)13-16-38(31,37)10/h11-12,23,27,29-31H,1-2,13-22,24H2,3-10H3/t27?,29?,30-,31?,34+,35-,36-,37?,38+/m0/s1. The van der Waals surface area contributed by atoms with Crippen LogP contribution in [0, 0.1) is 50.2 Å². The van der Waals surface area contributed by atoms with E-state index in [2.05, 4.69) is 67.7 Å². The Morgan fingerprint density at radius 1 is 0.930 bits per heavy atom. The maximum atomic E-state index is 14.7. The Labute approximate surface area is 261 Å². The van der Waals surface area contributed by atoms with Gasteiger partial charge >= 0.3 is 5.97 Å². The van der Waals surface area contributed by atoms with Gasteiger partial charge in [0.1, 0.15) is 6.10 Å². The minimum absolute atomic E-state index is 0.0540. The summed E-state index contributed by atoms with van der Waals surface area (Å²) in [5.41, 5.74) is 0.371. The summed E-state index contributed by atoms with van der Waals surface area (Å²) in [5, 5.41) is 0. The number of carbonyl (C=O) groups is 3. The lowest BCUT2D eigenvalue weighted by molar-refractivity contribution is -0.210. The molecule has 5 aliphatic carbocycles. The second-order valence-electron chi connectivity index (χ2n) is 17.0. The second-order valence-corrected chi connectivity index (χ2v) is 17.0. The summed E-state index contributed by atoms with van der Waals surface area (Å²) in [6.45, 7) is 26.7. The van der Waals surface area contributed by atoms with Crippen LogP contribution in [-0.4, -0.2) is 41.8 Å². The highest BCUT2D eigenvalue weighted by Crippen LogP contribution is 2.75. The van der Waals surface area contributed by atoms with Crippen LogP contribution in [0.3, 0.4) is 0 Å². The predicted octanol–water partition coefficient (Wildman–Crippen LogP) is 8.10. The van der Waals surface area contributed by atoms with E-state index in [1.807, 2.05) is 4.90 Å². The highest BCUT2D eigenvalue weighted by molar-refractivity contribution is 5.95. The van der Waals surface area contributed by atoms with Crippen molar-refractivity contribution in [3.05, 3.63) is 37.0 Å². The van der Waals surface area contributed by atoms with Gasteiger partial charge in [0.25, 0.3) is 0 Å². The number of ether oxygens (including phenoxy) is 1. The third kappa shape index (κ3) is 4.56. The van der Waals surface area contributed by atoms with E-state index < -0.39 is 5.41 Å². The van der Waals surface area contributed by atoms with Crippen molar-refractivity contribution in [1.29, 1.82) is 0 Å². The molecule has 0 bridgehead atoms. The number of fused-ring (bicyclic) bond motifs is 7. The van der Waals surface area contributed by atoms with Crippen LogP contribution < -0.4 is 0 Å². The van der Waals surface area contributed by atoms with Crippen molar-refractivity contribution in [2.75, 3.05) is 13.1 Å². The van der Waals surface area contributed by atoms with Crippen LogP contribution in [0.25, 0.3) is 0 Å². The number of esters is 1. The number of hydrogen-bond acceptors (Lipinski definition) is 4. The molecule has 5 aliphatic rings. The Hall–Kier alpha value is -2.17. The van der Waals surface area contributed by atoms with Crippen LogP contribution in [0.4, 0.5) is 0 Å². The summed E-state index contributed by atoms with van der Waals surface area (Å²) in [6, 6.07) is 0. The van der Waals surface area contributed by atoms with E-state index in [9.17, 15) is 14.4 Å². The van der Waals surface area contributed by atoms with Crippen LogP contribution in [0.15, 0.2) is 37.0 Å². The zero-order valence-electron chi connectivity index (χ0n) is 28.3. The largest absolute Gasteiger partial charge is 0.462 e. The summed E-state index contributed by atoms with van der Waals surface area (Å²) in [4.78, 5) is 42.6. The third-order valence-corrected chi connectivity index (χ3v) is 14.3. The van der Waals surface area contributed by atoms with E-state index in [0.29, 0.717) is 24.8 Å². The minimum atomic E-state index is -0.473. The molecule has 9 atom stereocenters. The Kier molecular flexibility index (Phi) is 7.83. The molecule has 1 amide bonds.